The van der Waals surface area contributed by atoms with Gasteiger partial charge in [0.05, 0.1) is 12.1 Å². The number of nitrogens with one attached hydrogen (secondary N) is 1. The van der Waals surface area contributed by atoms with Crippen molar-refractivity contribution in [3.05, 3.63) is 59.7 Å². The van der Waals surface area contributed by atoms with Gasteiger partial charge in [-0.15, -0.1) is 0 Å². The van der Waals surface area contributed by atoms with E-state index in [1.54, 1.807) is 12.1 Å². The fourth-order valence-electron chi connectivity index (χ4n) is 2.97. The van der Waals surface area contributed by atoms with E-state index in [0.29, 0.717) is 30.1 Å². The number of cyclic esters (lactones) is 1. The van der Waals surface area contributed by atoms with Crippen LogP contribution < -0.4 is 14.8 Å². The first-order valence-electron chi connectivity index (χ1n) is 8.16. The van der Waals surface area contributed by atoms with Gasteiger partial charge in [-0.05, 0) is 23.8 Å². The maximum Gasteiger partial charge on any atom is 0.339 e. The van der Waals surface area contributed by atoms with E-state index in [-0.39, 0.29) is 18.6 Å². The fraction of sp³-hybridized carbons (Fsp3) is 0.263. The van der Waals surface area contributed by atoms with Crippen molar-refractivity contribution in [2.24, 2.45) is 0 Å². The van der Waals surface area contributed by atoms with Gasteiger partial charge in [0.15, 0.2) is 17.6 Å². The number of hydrogen-bond donors (Lipinski definition) is 1. The SMILES string of the molecule is O=C1OC(C(=O)NCC2COc3ccccc3O2)Cc2ccccc21. The van der Waals surface area contributed by atoms with Crippen LogP contribution in [0.4, 0.5) is 0 Å². The summed E-state index contributed by atoms with van der Waals surface area (Å²) >= 11 is 0. The molecule has 2 atom stereocenters. The smallest absolute Gasteiger partial charge is 0.339 e. The number of benzene rings is 2. The van der Waals surface area contributed by atoms with Crippen LogP contribution in [-0.2, 0) is 16.0 Å². The lowest BCUT2D eigenvalue weighted by molar-refractivity contribution is -0.130. The average Bonchev–Trinajstić information content (AvgIpc) is 2.66. The third-order valence-corrected chi connectivity index (χ3v) is 4.26. The molecule has 0 spiro atoms. The van der Waals surface area contributed by atoms with Gasteiger partial charge >= 0.3 is 5.97 Å². The molecule has 6 nitrogen and oxygen atoms in total. The Bertz CT molecular complexity index is 819. The molecule has 0 saturated heterocycles. The van der Waals surface area contributed by atoms with E-state index in [1.165, 1.54) is 0 Å². The lowest BCUT2D eigenvalue weighted by atomic mass is 9.98. The number of para-hydroxylation sites is 2. The zero-order valence-electron chi connectivity index (χ0n) is 13.4. The topological polar surface area (TPSA) is 73.9 Å². The molecule has 0 bridgehead atoms. The first-order valence-corrected chi connectivity index (χ1v) is 8.16. The van der Waals surface area contributed by atoms with Crippen molar-refractivity contribution in [3.63, 3.8) is 0 Å². The molecule has 128 valence electrons. The minimum atomic E-state index is -0.820. The predicted octanol–water partition coefficient (Wildman–Crippen LogP) is 1.72. The van der Waals surface area contributed by atoms with E-state index in [0.717, 1.165) is 5.56 Å². The van der Waals surface area contributed by atoms with Crippen molar-refractivity contribution < 1.29 is 23.8 Å². The van der Waals surface area contributed by atoms with Gasteiger partial charge in [-0.3, -0.25) is 4.79 Å². The molecule has 4 rings (SSSR count). The molecule has 2 aromatic rings. The largest absolute Gasteiger partial charge is 0.486 e. The average molecular weight is 339 g/mol. The second kappa shape index (κ2) is 6.47. The van der Waals surface area contributed by atoms with E-state index in [2.05, 4.69) is 5.32 Å². The Hall–Kier alpha value is -3.02. The summed E-state index contributed by atoms with van der Waals surface area (Å²) in [5.41, 5.74) is 1.34. The van der Waals surface area contributed by atoms with Crippen molar-refractivity contribution >= 4 is 11.9 Å². The standard InChI is InChI=1S/C19H17NO5/c21-18(17-9-12-5-1-2-6-14(12)19(22)25-17)20-10-13-11-23-15-7-3-4-8-16(15)24-13/h1-8,13,17H,9-11H2,(H,20,21). The quantitative estimate of drug-likeness (QED) is 0.862. The van der Waals surface area contributed by atoms with Crippen molar-refractivity contribution in [2.45, 2.75) is 18.6 Å². The van der Waals surface area contributed by atoms with Gasteiger partial charge in [-0.2, -0.15) is 0 Å². The predicted molar refractivity (Wildman–Crippen MR) is 88.7 cm³/mol. The molecule has 0 fully saturated rings. The Labute approximate surface area is 144 Å². The maximum absolute atomic E-state index is 12.4. The van der Waals surface area contributed by atoms with Crippen LogP contribution in [0.1, 0.15) is 15.9 Å². The van der Waals surface area contributed by atoms with Crippen LogP contribution in [0.15, 0.2) is 48.5 Å². The molecule has 0 saturated carbocycles. The van der Waals surface area contributed by atoms with Gasteiger partial charge in [-0.1, -0.05) is 30.3 Å². The van der Waals surface area contributed by atoms with E-state index >= 15 is 0 Å². The monoisotopic (exact) mass is 339 g/mol. The van der Waals surface area contributed by atoms with Crippen LogP contribution in [0, 0.1) is 0 Å². The van der Waals surface area contributed by atoms with Crippen molar-refractivity contribution in [3.8, 4) is 11.5 Å². The molecule has 0 radical (unpaired) electrons. The summed E-state index contributed by atoms with van der Waals surface area (Å²) in [5.74, 6) is 0.562. The zero-order chi connectivity index (χ0) is 17.2. The highest BCUT2D eigenvalue weighted by Gasteiger charge is 2.31. The summed E-state index contributed by atoms with van der Waals surface area (Å²) in [6, 6.07) is 14.6. The lowest BCUT2D eigenvalue weighted by Gasteiger charge is -2.28. The Balaban J connectivity index is 1.35. The summed E-state index contributed by atoms with van der Waals surface area (Å²) in [5, 5.41) is 2.78. The molecule has 1 N–H and O–H groups in total. The lowest BCUT2D eigenvalue weighted by Crippen LogP contribution is -2.46. The number of ether oxygens (including phenoxy) is 3. The van der Waals surface area contributed by atoms with Gasteiger partial charge in [0, 0.05) is 6.42 Å². The van der Waals surface area contributed by atoms with Gasteiger partial charge in [0.1, 0.15) is 12.7 Å². The van der Waals surface area contributed by atoms with Gasteiger partial charge in [0.2, 0.25) is 0 Å². The molecular formula is C19H17NO5. The summed E-state index contributed by atoms with van der Waals surface area (Å²) < 4.78 is 16.7. The van der Waals surface area contributed by atoms with E-state index in [9.17, 15) is 9.59 Å². The normalized spacial score (nSPS) is 21.0. The molecular weight excluding hydrogens is 322 g/mol. The van der Waals surface area contributed by atoms with Crippen LogP contribution in [0.3, 0.4) is 0 Å². The fourth-order valence-corrected chi connectivity index (χ4v) is 2.97. The maximum atomic E-state index is 12.4. The van der Waals surface area contributed by atoms with Crippen LogP contribution in [0.2, 0.25) is 0 Å². The van der Waals surface area contributed by atoms with Crippen LogP contribution >= 0.6 is 0 Å². The van der Waals surface area contributed by atoms with Gasteiger partial charge in [0.25, 0.3) is 5.91 Å². The molecule has 0 aromatic heterocycles. The molecule has 1 amide bonds. The molecule has 6 heteroatoms. The molecule has 25 heavy (non-hydrogen) atoms. The molecule has 2 aromatic carbocycles. The van der Waals surface area contributed by atoms with E-state index in [1.807, 2.05) is 36.4 Å². The zero-order valence-corrected chi connectivity index (χ0v) is 13.4. The number of hydrogen-bond acceptors (Lipinski definition) is 5. The number of esters is 1. The second-order valence-electron chi connectivity index (χ2n) is 6.00. The second-order valence-corrected chi connectivity index (χ2v) is 6.00. The summed E-state index contributed by atoms with van der Waals surface area (Å²) in [6.07, 6.45) is -0.733. The third-order valence-electron chi connectivity index (χ3n) is 4.26. The summed E-state index contributed by atoms with van der Waals surface area (Å²) in [6.45, 7) is 0.632. The molecule has 2 aliphatic heterocycles. The Morgan fingerprint density at radius 2 is 1.80 bits per heavy atom. The van der Waals surface area contributed by atoms with E-state index in [4.69, 9.17) is 14.2 Å². The molecule has 0 aliphatic carbocycles. The minimum Gasteiger partial charge on any atom is -0.486 e. The van der Waals surface area contributed by atoms with Gasteiger partial charge in [-0.25, -0.2) is 4.79 Å². The Kier molecular flexibility index (Phi) is 4.01. The van der Waals surface area contributed by atoms with Gasteiger partial charge < -0.3 is 19.5 Å². The van der Waals surface area contributed by atoms with Crippen molar-refractivity contribution in [2.75, 3.05) is 13.2 Å². The van der Waals surface area contributed by atoms with Crippen LogP contribution in [0.25, 0.3) is 0 Å². The molecule has 2 aliphatic rings. The van der Waals surface area contributed by atoms with E-state index < -0.39 is 12.1 Å². The summed E-state index contributed by atoms with van der Waals surface area (Å²) in [4.78, 5) is 24.4. The number of rotatable bonds is 3. The van der Waals surface area contributed by atoms with Crippen molar-refractivity contribution in [1.29, 1.82) is 0 Å². The van der Waals surface area contributed by atoms with Crippen LogP contribution in [-0.4, -0.2) is 37.2 Å². The van der Waals surface area contributed by atoms with Crippen molar-refractivity contribution in [1.82, 2.24) is 5.32 Å². The molecule has 2 unspecified atom stereocenters. The number of amides is 1. The summed E-state index contributed by atoms with van der Waals surface area (Å²) in [7, 11) is 0. The minimum absolute atomic E-state index is 0.281. The first-order chi connectivity index (χ1) is 12.2. The number of fused-ring (bicyclic) bond motifs is 2. The molecule has 2 heterocycles. The highest BCUT2D eigenvalue weighted by atomic mass is 16.6. The highest BCUT2D eigenvalue weighted by molar-refractivity contribution is 5.95. The third kappa shape index (κ3) is 3.15. The highest BCUT2D eigenvalue weighted by Crippen LogP contribution is 2.30. The number of carbonyl (C=O) groups is 2. The van der Waals surface area contributed by atoms with Crippen LogP contribution in [0.5, 0.6) is 11.5 Å². The Morgan fingerprint density at radius 1 is 1.04 bits per heavy atom. The Morgan fingerprint density at radius 3 is 2.68 bits per heavy atom. The first kappa shape index (κ1) is 15.5. The number of carbonyl (C=O) groups excluding carboxylic acids is 2.